The van der Waals surface area contributed by atoms with E-state index in [0.29, 0.717) is 47.0 Å². The molecule has 42 heavy (non-hydrogen) atoms. The predicted molar refractivity (Wildman–Crippen MR) is 162 cm³/mol. The summed E-state index contributed by atoms with van der Waals surface area (Å²) in [6, 6.07) is 7.55. The van der Waals surface area contributed by atoms with Crippen LogP contribution < -0.4 is 35.6 Å². The number of rotatable bonds is 9. The van der Waals surface area contributed by atoms with Crippen LogP contribution >= 0.6 is 0 Å². The summed E-state index contributed by atoms with van der Waals surface area (Å²) in [5, 5.41) is 13.3. The van der Waals surface area contributed by atoms with E-state index >= 15 is 0 Å². The van der Waals surface area contributed by atoms with Gasteiger partial charge in [0, 0.05) is 31.3 Å². The van der Waals surface area contributed by atoms with E-state index in [0.717, 1.165) is 16.8 Å². The molecule has 2 atom stereocenters. The molecule has 0 fully saturated rings. The van der Waals surface area contributed by atoms with Crippen LogP contribution in [0.1, 0.15) is 50.1 Å². The van der Waals surface area contributed by atoms with Crippen LogP contribution in [0.2, 0.25) is 0 Å². The normalized spacial score (nSPS) is 14.6. The molecule has 2 aromatic carbocycles. The number of benzene rings is 1. The van der Waals surface area contributed by atoms with Crippen molar-refractivity contribution >= 4 is 23.3 Å². The molecule has 224 valence electrons. The fourth-order valence-electron chi connectivity index (χ4n) is 5.36. The highest BCUT2D eigenvalue weighted by Gasteiger charge is 2.30. The van der Waals surface area contributed by atoms with Gasteiger partial charge in [0.15, 0.2) is 17.3 Å². The van der Waals surface area contributed by atoms with Gasteiger partial charge in [-0.15, -0.1) is 0 Å². The van der Waals surface area contributed by atoms with Gasteiger partial charge in [0.05, 0.1) is 33.1 Å². The summed E-state index contributed by atoms with van der Waals surface area (Å²) in [5.41, 5.74) is 3.86. The minimum Gasteiger partial charge on any atom is -0.493 e. The van der Waals surface area contributed by atoms with Crippen LogP contribution in [0.25, 0.3) is 11.1 Å². The molecule has 1 aromatic heterocycles. The molecule has 2 unspecified atom stereocenters. The van der Waals surface area contributed by atoms with E-state index in [9.17, 15) is 14.4 Å². The molecular weight excluding hydrogens is 538 g/mol. The Morgan fingerprint density at radius 1 is 1.05 bits per heavy atom. The third-order valence-corrected chi connectivity index (χ3v) is 7.54. The fraction of sp³-hybridized carbons (Fsp3) is 0.419. The lowest BCUT2D eigenvalue weighted by molar-refractivity contribution is -0.120. The summed E-state index contributed by atoms with van der Waals surface area (Å²) in [6.07, 6.45) is 1.14. The van der Waals surface area contributed by atoms with Gasteiger partial charge in [-0.3, -0.25) is 19.1 Å². The van der Waals surface area contributed by atoms with Crippen LogP contribution in [0.15, 0.2) is 35.1 Å². The molecule has 3 N–H and O–H groups in total. The summed E-state index contributed by atoms with van der Waals surface area (Å²) in [7, 11) is 6.45. The van der Waals surface area contributed by atoms with Crippen LogP contribution in [0, 0.1) is 12.8 Å². The molecule has 0 saturated heterocycles. The van der Waals surface area contributed by atoms with Crippen molar-refractivity contribution < 1.29 is 23.8 Å². The molecule has 2 amide bonds. The van der Waals surface area contributed by atoms with Crippen LogP contribution in [-0.4, -0.2) is 49.0 Å². The maximum Gasteiger partial charge on any atom is 0.248 e. The van der Waals surface area contributed by atoms with Crippen molar-refractivity contribution in [3.63, 3.8) is 0 Å². The molecule has 1 heterocycles. The molecule has 0 saturated carbocycles. The second kappa shape index (κ2) is 12.5. The van der Waals surface area contributed by atoms with Gasteiger partial charge in [0.1, 0.15) is 6.04 Å². The monoisotopic (exact) mass is 577 g/mol. The quantitative estimate of drug-likeness (QED) is 0.348. The third kappa shape index (κ3) is 6.05. The molecule has 4 rings (SSSR count). The van der Waals surface area contributed by atoms with Gasteiger partial charge in [-0.1, -0.05) is 19.9 Å². The summed E-state index contributed by atoms with van der Waals surface area (Å²) in [6.45, 7) is 7.15. The van der Waals surface area contributed by atoms with Crippen LogP contribution in [-0.2, 0) is 23.1 Å². The Bertz CT molecular complexity index is 1540. The number of ether oxygens (including phenoxy) is 3. The number of aryl methyl sites for hydroxylation is 3. The number of anilines is 2. The zero-order chi connectivity index (χ0) is 30.7. The van der Waals surface area contributed by atoms with Gasteiger partial charge < -0.3 is 30.2 Å². The van der Waals surface area contributed by atoms with Crippen molar-refractivity contribution in [1.82, 2.24) is 15.1 Å². The van der Waals surface area contributed by atoms with E-state index in [1.54, 1.807) is 38.1 Å². The van der Waals surface area contributed by atoms with Crippen LogP contribution in [0.3, 0.4) is 0 Å². The zero-order valence-electron chi connectivity index (χ0n) is 25.4. The number of nitrogens with zero attached hydrogens (tertiary/aromatic N) is 2. The lowest BCUT2D eigenvalue weighted by Gasteiger charge is -2.21. The number of fused-ring (bicyclic) bond motifs is 3. The summed E-state index contributed by atoms with van der Waals surface area (Å²) in [5.74, 6) is 1.18. The van der Waals surface area contributed by atoms with Crippen LogP contribution in [0.5, 0.6) is 17.2 Å². The first-order valence-electron chi connectivity index (χ1n) is 13.8. The number of carbonyl (C=O) groups is 2. The summed E-state index contributed by atoms with van der Waals surface area (Å²) >= 11 is 0. The molecule has 0 bridgehead atoms. The van der Waals surface area contributed by atoms with E-state index in [4.69, 9.17) is 14.2 Å². The number of aromatic nitrogens is 2. The fourth-order valence-corrected chi connectivity index (χ4v) is 5.36. The lowest BCUT2D eigenvalue weighted by atomic mass is 9.95. The third-order valence-electron chi connectivity index (χ3n) is 7.54. The maximum atomic E-state index is 13.7. The minimum absolute atomic E-state index is 0.151. The Labute approximate surface area is 245 Å². The van der Waals surface area contributed by atoms with Gasteiger partial charge in [-0.2, -0.15) is 5.10 Å². The number of hydrogen-bond donors (Lipinski definition) is 3. The SMILES string of the molecule is COc1cc2c(c(OC)c1OC)-c1ccc(NC(C(=O)Nc3cc(C)n(C)n3)C(C)C)c(=O)cc1C(NC(C)=O)CC2. The Kier molecular flexibility index (Phi) is 9.08. The molecule has 11 heteroatoms. The Balaban J connectivity index is 1.85. The molecule has 0 radical (unpaired) electrons. The molecule has 3 aromatic rings. The van der Waals surface area contributed by atoms with Crippen LogP contribution in [0.4, 0.5) is 11.5 Å². The number of nitrogens with one attached hydrogen (secondary N) is 3. The Morgan fingerprint density at radius 3 is 2.33 bits per heavy atom. The lowest BCUT2D eigenvalue weighted by Crippen LogP contribution is -2.40. The van der Waals surface area contributed by atoms with Gasteiger partial charge in [-0.05, 0) is 60.6 Å². The summed E-state index contributed by atoms with van der Waals surface area (Å²) in [4.78, 5) is 39.2. The van der Waals surface area contributed by atoms with Crippen molar-refractivity contribution in [1.29, 1.82) is 0 Å². The van der Waals surface area contributed by atoms with Gasteiger partial charge in [-0.25, -0.2) is 0 Å². The topological polar surface area (TPSA) is 133 Å². The van der Waals surface area contributed by atoms with Crippen molar-refractivity contribution in [2.75, 3.05) is 32.0 Å². The number of hydrogen-bond acceptors (Lipinski definition) is 8. The van der Waals surface area contributed by atoms with E-state index in [-0.39, 0.29) is 28.8 Å². The first-order valence-corrected chi connectivity index (χ1v) is 13.8. The first kappa shape index (κ1) is 30.4. The average Bonchev–Trinajstić information content (AvgIpc) is 3.08. The minimum atomic E-state index is -0.723. The van der Waals surface area contributed by atoms with Gasteiger partial charge >= 0.3 is 0 Å². The van der Waals surface area contributed by atoms with Gasteiger partial charge in [0.2, 0.25) is 23.0 Å². The van der Waals surface area contributed by atoms with Crippen molar-refractivity contribution in [2.45, 2.75) is 52.6 Å². The average molecular weight is 578 g/mol. The largest absolute Gasteiger partial charge is 0.493 e. The first-order chi connectivity index (χ1) is 20.0. The highest BCUT2D eigenvalue weighted by atomic mass is 16.5. The number of amides is 2. The standard InChI is InChI=1S/C31H39N5O6/c1-16(2)28(31(39)34-26-13-17(3)36(5)35-26)33-23-12-10-20-21(15-24(23)38)22(32-18(4)37)11-9-19-14-25(40-6)29(41-7)30(42-8)27(19)20/h10,12-16,22,28H,9,11H2,1-8H3,(H,32,37)(H,33,38)(H,34,35,39). The molecule has 11 nitrogen and oxygen atoms in total. The van der Waals surface area contributed by atoms with Crippen molar-refractivity contribution in [3.05, 3.63) is 57.4 Å². The van der Waals surface area contributed by atoms with Gasteiger partial charge in [0.25, 0.3) is 0 Å². The van der Waals surface area contributed by atoms with Crippen molar-refractivity contribution in [3.8, 4) is 28.4 Å². The second-order valence-electron chi connectivity index (χ2n) is 10.7. The zero-order valence-corrected chi connectivity index (χ0v) is 25.4. The highest BCUT2D eigenvalue weighted by Crippen LogP contribution is 2.50. The molecule has 1 aliphatic carbocycles. The molecule has 0 aliphatic heterocycles. The summed E-state index contributed by atoms with van der Waals surface area (Å²) < 4.78 is 18.8. The van der Waals surface area contributed by atoms with E-state index < -0.39 is 12.1 Å². The Hall–Kier alpha value is -4.54. The molecule has 0 spiro atoms. The van der Waals surface area contributed by atoms with Crippen molar-refractivity contribution in [2.24, 2.45) is 13.0 Å². The van der Waals surface area contributed by atoms with E-state index in [1.807, 2.05) is 32.9 Å². The number of methoxy groups -OCH3 is 3. The smallest absolute Gasteiger partial charge is 0.248 e. The molecular formula is C31H39N5O6. The predicted octanol–water partition coefficient (Wildman–Crippen LogP) is 3.98. The van der Waals surface area contributed by atoms with E-state index in [1.165, 1.54) is 20.1 Å². The highest BCUT2D eigenvalue weighted by molar-refractivity contribution is 5.96. The maximum absolute atomic E-state index is 13.7. The Morgan fingerprint density at radius 2 is 1.76 bits per heavy atom. The second-order valence-corrected chi connectivity index (χ2v) is 10.7. The van der Waals surface area contributed by atoms with E-state index in [2.05, 4.69) is 21.0 Å². The number of carbonyl (C=O) groups excluding carboxylic acids is 2. The molecule has 1 aliphatic rings.